The van der Waals surface area contributed by atoms with Gasteiger partial charge in [0.2, 0.25) is 0 Å². The highest BCUT2D eigenvalue weighted by atomic mass is 19.3. The number of hydrogen-bond donors (Lipinski definition) is 0. The smallest absolute Gasteiger partial charge is 0.207 e. The second-order valence-corrected chi connectivity index (χ2v) is 6.73. The summed E-state index contributed by atoms with van der Waals surface area (Å²) in [6.45, 7) is 4.46. The van der Waals surface area contributed by atoms with E-state index in [1.807, 2.05) is 6.08 Å². The summed E-state index contributed by atoms with van der Waals surface area (Å²) < 4.78 is 26.6. The lowest BCUT2D eigenvalue weighted by Crippen LogP contribution is -2.21. The molecular weight excluding hydrogens is 266 g/mol. The first-order valence-electron chi connectivity index (χ1n) is 9.15. The molecule has 21 heavy (non-hydrogen) atoms. The number of alkyl halides is 2. The fourth-order valence-electron chi connectivity index (χ4n) is 3.33. The van der Waals surface area contributed by atoms with Gasteiger partial charge in [-0.15, -0.1) is 0 Å². The molecule has 0 unspecified atom stereocenters. The molecule has 0 saturated heterocycles. The van der Waals surface area contributed by atoms with Crippen molar-refractivity contribution in [2.45, 2.75) is 103 Å². The third-order valence-electron chi connectivity index (χ3n) is 4.78. The highest BCUT2D eigenvalue weighted by molar-refractivity contribution is 5.12. The van der Waals surface area contributed by atoms with Crippen LogP contribution in [0.3, 0.4) is 0 Å². The molecule has 0 heterocycles. The molecule has 2 heteroatoms. The van der Waals surface area contributed by atoms with Crippen LogP contribution in [-0.2, 0) is 0 Å². The first-order chi connectivity index (χ1) is 10.1. The Kier molecular flexibility index (Phi) is 9.19. The Morgan fingerprint density at radius 1 is 0.952 bits per heavy atom. The van der Waals surface area contributed by atoms with Gasteiger partial charge >= 0.3 is 0 Å². The van der Waals surface area contributed by atoms with Crippen molar-refractivity contribution in [1.82, 2.24) is 0 Å². The topological polar surface area (TPSA) is 0 Å². The predicted molar refractivity (Wildman–Crippen MR) is 87.9 cm³/mol. The molecule has 1 rings (SSSR count). The van der Waals surface area contributed by atoms with Crippen LogP contribution >= 0.6 is 0 Å². The van der Waals surface area contributed by atoms with Crippen LogP contribution in [0, 0.1) is 5.92 Å². The van der Waals surface area contributed by atoms with Gasteiger partial charge in [0.1, 0.15) is 0 Å². The summed E-state index contributed by atoms with van der Waals surface area (Å²) in [5.74, 6) is -1.87. The van der Waals surface area contributed by atoms with Gasteiger partial charge in [-0.05, 0) is 25.2 Å². The van der Waals surface area contributed by atoms with Gasteiger partial charge in [0.25, 0.3) is 5.92 Å². The Morgan fingerprint density at radius 2 is 1.52 bits per heavy atom. The fraction of sp³-hybridized carbons (Fsp3) is 0.895. The van der Waals surface area contributed by atoms with E-state index in [9.17, 15) is 8.78 Å². The van der Waals surface area contributed by atoms with Crippen molar-refractivity contribution < 1.29 is 8.78 Å². The van der Waals surface area contributed by atoms with Gasteiger partial charge in [-0.3, -0.25) is 0 Å². The second-order valence-electron chi connectivity index (χ2n) is 6.73. The molecule has 0 atom stereocenters. The van der Waals surface area contributed by atoms with Crippen molar-refractivity contribution in [1.29, 1.82) is 0 Å². The maximum Gasteiger partial charge on any atom is 0.251 e. The Bertz CT molecular complexity index is 282. The van der Waals surface area contributed by atoms with Crippen LogP contribution in [0.25, 0.3) is 0 Å². The lowest BCUT2D eigenvalue weighted by molar-refractivity contribution is -0.00986. The summed E-state index contributed by atoms with van der Waals surface area (Å²) in [6, 6.07) is 0. The minimum atomic E-state index is -2.45. The van der Waals surface area contributed by atoms with Gasteiger partial charge < -0.3 is 0 Å². The van der Waals surface area contributed by atoms with E-state index in [-0.39, 0.29) is 12.8 Å². The van der Waals surface area contributed by atoms with Crippen molar-refractivity contribution in [2.75, 3.05) is 0 Å². The molecule has 0 fully saturated rings. The minimum absolute atomic E-state index is 0.0250. The normalized spacial score (nSPS) is 18.0. The van der Waals surface area contributed by atoms with E-state index >= 15 is 0 Å². The average Bonchev–Trinajstić information content (AvgIpc) is 2.46. The number of rotatable bonds is 11. The third-order valence-corrected chi connectivity index (χ3v) is 4.78. The van der Waals surface area contributed by atoms with Gasteiger partial charge in [0.05, 0.1) is 0 Å². The van der Waals surface area contributed by atoms with Gasteiger partial charge in [0, 0.05) is 12.8 Å². The van der Waals surface area contributed by atoms with E-state index in [0.717, 1.165) is 0 Å². The largest absolute Gasteiger partial charge is 0.251 e. The quantitative estimate of drug-likeness (QED) is 0.277. The summed E-state index contributed by atoms with van der Waals surface area (Å²) in [7, 11) is 0. The molecule has 1 aliphatic carbocycles. The van der Waals surface area contributed by atoms with Crippen LogP contribution in [0.5, 0.6) is 0 Å². The van der Waals surface area contributed by atoms with Crippen molar-refractivity contribution in [2.24, 2.45) is 5.92 Å². The van der Waals surface area contributed by atoms with E-state index < -0.39 is 5.92 Å². The van der Waals surface area contributed by atoms with Crippen molar-refractivity contribution >= 4 is 0 Å². The van der Waals surface area contributed by atoms with Crippen LogP contribution in [0.1, 0.15) is 97.3 Å². The Morgan fingerprint density at radius 3 is 1.95 bits per heavy atom. The molecule has 0 nitrogen and oxygen atoms in total. The van der Waals surface area contributed by atoms with E-state index in [4.69, 9.17) is 0 Å². The molecule has 0 aliphatic heterocycles. The second kappa shape index (κ2) is 10.3. The maximum atomic E-state index is 13.3. The predicted octanol–water partition coefficient (Wildman–Crippen LogP) is 7.29. The highest BCUT2D eigenvalue weighted by Gasteiger charge is 2.32. The number of hydrogen-bond acceptors (Lipinski definition) is 0. The fourth-order valence-corrected chi connectivity index (χ4v) is 3.33. The highest BCUT2D eigenvalue weighted by Crippen LogP contribution is 2.38. The third kappa shape index (κ3) is 7.97. The average molecular weight is 300 g/mol. The lowest BCUT2D eigenvalue weighted by atomic mass is 9.82. The van der Waals surface area contributed by atoms with E-state index in [2.05, 4.69) is 13.8 Å². The molecule has 0 aromatic rings. The molecule has 0 aromatic carbocycles. The summed E-state index contributed by atoms with van der Waals surface area (Å²) >= 11 is 0. The van der Waals surface area contributed by atoms with E-state index in [1.165, 1.54) is 69.8 Å². The Labute approximate surface area is 130 Å². The summed E-state index contributed by atoms with van der Waals surface area (Å²) in [5, 5.41) is 0. The van der Waals surface area contributed by atoms with Gasteiger partial charge in [-0.25, -0.2) is 8.78 Å². The molecule has 124 valence electrons. The van der Waals surface area contributed by atoms with Crippen LogP contribution in [0.4, 0.5) is 8.78 Å². The van der Waals surface area contributed by atoms with Gasteiger partial charge in [0.15, 0.2) is 0 Å². The molecule has 0 aromatic heterocycles. The van der Waals surface area contributed by atoms with Gasteiger partial charge in [-0.1, -0.05) is 76.9 Å². The number of halogens is 2. The Hall–Kier alpha value is -0.400. The summed E-state index contributed by atoms with van der Waals surface area (Å²) in [6.07, 6.45) is 15.2. The lowest BCUT2D eigenvalue weighted by Gasteiger charge is -2.27. The standard InChI is InChI=1S/C19H34F2/c1-3-5-7-9-11-17(12-10-8-6-4-2)18-13-15-19(20,21)16-14-18/h13,17H,3-12,14-16H2,1-2H3. The SMILES string of the molecule is CCCCCCC(CCCCCC)C1=CCC(F)(F)CC1. The van der Waals surface area contributed by atoms with E-state index in [1.54, 1.807) is 0 Å². The zero-order valence-electron chi connectivity index (χ0n) is 14.1. The maximum absolute atomic E-state index is 13.3. The molecule has 0 N–H and O–H groups in total. The van der Waals surface area contributed by atoms with Crippen LogP contribution < -0.4 is 0 Å². The van der Waals surface area contributed by atoms with Crippen molar-refractivity contribution in [3.8, 4) is 0 Å². The zero-order chi connectivity index (χ0) is 15.6. The number of unbranched alkanes of at least 4 members (excludes halogenated alkanes) is 6. The van der Waals surface area contributed by atoms with E-state index in [0.29, 0.717) is 12.3 Å². The monoisotopic (exact) mass is 300 g/mol. The molecule has 0 spiro atoms. The molecule has 0 bridgehead atoms. The molecular formula is C19H34F2. The first-order valence-corrected chi connectivity index (χ1v) is 9.15. The summed E-state index contributed by atoms with van der Waals surface area (Å²) in [4.78, 5) is 0. The molecule has 0 amide bonds. The molecule has 0 radical (unpaired) electrons. The minimum Gasteiger partial charge on any atom is -0.207 e. The van der Waals surface area contributed by atoms with Crippen molar-refractivity contribution in [3.63, 3.8) is 0 Å². The number of allylic oxidation sites excluding steroid dienone is 2. The van der Waals surface area contributed by atoms with Crippen LogP contribution in [-0.4, -0.2) is 5.92 Å². The first kappa shape index (κ1) is 18.6. The summed E-state index contributed by atoms with van der Waals surface area (Å²) in [5.41, 5.74) is 1.34. The molecule has 1 aliphatic rings. The van der Waals surface area contributed by atoms with Crippen molar-refractivity contribution in [3.05, 3.63) is 11.6 Å². The van der Waals surface area contributed by atoms with Crippen LogP contribution in [0.15, 0.2) is 11.6 Å². The zero-order valence-corrected chi connectivity index (χ0v) is 14.1. The van der Waals surface area contributed by atoms with Crippen LogP contribution in [0.2, 0.25) is 0 Å². The Balaban J connectivity index is 2.44. The molecule has 0 saturated carbocycles. The van der Waals surface area contributed by atoms with Gasteiger partial charge in [-0.2, -0.15) is 0 Å².